The molecule has 1 fully saturated rings. The van der Waals surface area contributed by atoms with E-state index in [0.717, 1.165) is 12.8 Å². The Kier molecular flexibility index (Phi) is 2.87. The van der Waals surface area contributed by atoms with Crippen LogP contribution in [0.2, 0.25) is 0 Å². The number of furan rings is 1. The lowest BCUT2D eigenvalue weighted by molar-refractivity contribution is 0.0876. The zero-order chi connectivity index (χ0) is 13.3. The maximum atomic E-state index is 11.9. The fourth-order valence-corrected chi connectivity index (χ4v) is 1.91. The predicted molar refractivity (Wildman–Crippen MR) is 66.6 cm³/mol. The lowest BCUT2D eigenvalue weighted by Gasteiger charge is -2.12. The van der Waals surface area contributed by atoms with Gasteiger partial charge >= 0.3 is 0 Å². The summed E-state index contributed by atoms with van der Waals surface area (Å²) in [7, 11) is 0. The van der Waals surface area contributed by atoms with E-state index in [0.29, 0.717) is 12.3 Å². The molecule has 6 heteroatoms. The second kappa shape index (κ2) is 4.55. The summed E-state index contributed by atoms with van der Waals surface area (Å²) in [5.41, 5.74) is -0.425. The van der Waals surface area contributed by atoms with Crippen molar-refractivity contribution in [1.82, 2.24) is 15.1 Å². The van der Waals surface area contributed by atoms with Crippen LogP contribution in [0.5, 0.6) is 0 Å². The number of nitrogens with zero attached hydrogens (tertiary/aromatic N) is 2. The van der Waals surface area contributed by atoms with E-state index < -0.39 is 5.54 Å². The number of hydrogen-bond acceptors (Lipinski definition) is 4. The van der Waals surface area contributed by atoms with Crippen molar-refractivity contribution in [1.29, 1.82) is 0 Å². The van der Waals surface area contributed by atoms with Gasteiger partial charge in [0.05, 0.1) is 18.7 Å². The molecule has 2 aromatic rings. The Balaban J connectivity index is 1.65. The van der Waals surface area contributed by atoms with Crippen molar-refractivity contribution in [3.63, 3.8) is 0 Å². The number of aromatic nitrogens is 2. The molecule has 0 radical (unpaired) electrons. The molecule has 1 saturated carbocycles. The number of carbonyl (C=O) groups is 1. The topological polar surface area (TPSA) is 80.3 Å². The fraction of sp³-hybridized carbons (Fsp3) is 0.385. The highest BCUT2D eigenvalue weighted by Crippen LogP contribution is 2.34. The third-order valence-corrected chi connectivity index (χ3v) is 3.30. The molecule has 1 amide bonds. The standard InChI is InChI=1S/C13H15N3O3/c17-9-13(4-5-13)15-12(18)11-3-2-10(19-11)8-16-7-1-6-14-16/h1-3,6-7,17H,4-5,8-9H2,(H,15,18). The normalized spacial score (nSPS) is 16.3. The summed E-state index contributed by atoms with van der Waals surface area (Å²) >= 11 is 0. The molecule has 100 valence electrons. The monoisotopic (exact) mass is 261 g/mol. The number of hydrogen-bond donors (Lipinski definition) is 2. The molecule has 0 atom stereocenters. The first kappa shape index (κ1) is 12.0. The molecule has 1 aliphatic rings. The summed E-state index contributed by atoms with van der Waals surface area (Å²) < 4.78 is 7.20. The van der Waals surface area contributed by atoms with Gasteiger partial charge in [0.25, 0.3) is 5.91 Å². The average Bonchev–Trinajstić information content (AvgIpc) is 2.84. The molecule has 1 aliphatic carbocycles. The van der Waals surface area contributed by atoms with Crippen molar-refractivity contribution in [2.24, 2.45) is 0 Å². The van der Waals surface area contributed by atoms with Crippen LogP contribution >= 0.6 is 0 Å². The number of nitrogens with one attached hydrogen (secondary N) is 1. The average molecular weight is 261 g/mol. The molecule has 3 rings (SSSR count). The molecule has 0 aliphatic heterocycles. The van der Waals surface area contributed by atoms with E-state index in [4.69, 9.17) is 4.42 Å². The van der Waals surface area contributed by atoms with Crippen LogP contribution in [-0.2, 0) is 6.54 Å². The zero-order valence-corrected chi connectivity index (χ0v) is 10.4. The Morgan fingerprint density at radius 1 is 1.53 bits per heavy atom. The van der Waals surface area contributed by atoms with Crippen LogP contribution in [0.15, 0.2) is 35.0 Å². The van der Waals surface area contributed by atoms with Gasteiger partial charge < -0.3 is 14.8 Å². The summed E-state index contributed by atoms with van der Waals surface area (Å²) in [6, 6.07) is 5.23. The van der Waals surface area contributed by atoms with Crippen LogP contribution in [0.4, 0.5) is 0 Å². The van der Waals surface area contributed by atoms with Crippen molar-refractivity contribution < 1.29 is 14.3 Å². The number of carbonyl (C=O) groups excluding carboxylic acids is 1. The van der Waals surface area contributed by atoms with E-state index in [1.807, 2.05) is 12.3 Å². The fourth-order valence-electron chi connectivity index (χ4n) is 1.91. The van der Waals surface area contributed by atoms with Crippen LogP contribution in [0.1, 0.15) is 29.2 Å². The van der Waals surface area contributed by atoms with E-state index in [2.05, 4.69) is 10.4 Å². The predicted octanol–water partition coefficient (Wildman–Crippen LogP) is 0.779. The molecule has 0 aromatic carbocycles. The van der Waals surface area contributed by atoms with Gasteiger partial charge in [-0.1, -0.05) is 0 Å². The minimum absolute atomic E-state index is 0.0282. The summed E-state index contributed by atoms with van der Waals surface area (Å²) in [5, 5.41) is 16.0. The first-order chi connectivity index (χ1) is 9.21. The Morgan fingerprint density at radius 2 is 2.37 bits per heavy atom. The number of amides is 1. The van der Waals surface area contributed by atoms with Crippen molar-refractivity contribution >= 4 is 5.91 Å². The Hall–Kier alpha value is -2.08. The highest BCUT2D eigenvalue weighted by molar-refractivity contribution is 5.92. The highest BCUT2D eigenvalue weighted by atomic mass is 16.4. The van der Waals surface area contributed by atoms with Gasteiger partial charge in [-0.2, -0.15) is 5.10 Å². The minimum Gasteiger partial charge on any atom is -0.454 e. The van der Waals surface area contributed by atoms with Gasteiger partial charge in [-0.25, -0.2) is 0 Å². The highest BCUT2D eigenvalue weighted by Gasteiger charge is 2.43. The van der Waals surface area contributed by atoms with Crippen molar-refractivity contribution in [3.8, 4) is 0 Å². The second-order valence-corrected chi connectivity index (χ2v) is 4.86. The van der Waals surface area contributed by atoms with Gasteiger partial charge in [0.2, 0.25) is 0 Å². The zero-order valence-electron chi connectivity index (χ0n) is 10.4. The molecule has 19 heavy (non-hydrogen) atoms. The van der Waals surface area contributed by atoms with Crippen molar-refractivity contribution in [3.05, 3.63) is 42.1 Å². The van der Waals surface area contributed by atoms with Crippen molar-refractivity contribution in [2.45, 2.75) is 24.9 Å². The maximum absolute atomic E-state index is 11.9. The van der Waals surface area contributed by atoms with Crippen LogP contribution in [0.25, 0.3) is 0 Å². The van der Waals surface area contributed by atoms with Gasteiger partial charge in [0.15, 0.2) is 5.76 Å². The maximum Gasteiger partial charge on any atom is 0.287 e. The number of rotatable bonds is 5. The first-order valence-electron chi connectivity index (χ1n) is 6.20. The van der Waals surface area contributed by atoms with Crippen LogP contribution < -0.4 is 5.32 Å². The number of aliphatic hydroxyl groups excluding tert-OH is 1. The van der Waals surface area contributed by atoms with Crippen LogP contribution in [0.3, 0.4) is 0 Å². The summed E-state index contributed by atoms with van der Waals surface area (Å²) in [5.74, 6) is 0.655. The molecule has 0 saturated heterocycles. The van der Waals surface area contributed by atoms with E-state index in [-0.39, 0.29) is 18.3 Å². The minimum atomic E-state index is -0.425. The van der Waals surface area contributed by atoms with Gasteiger partial charge in [-0.3, -0.25) is 9.48 Å². The smallest absolute Gasteiger partial charge is 0.287 e. The van der Waals surface area contributed by atoms with E-state index in [1.54, 1.807) is 23.0 Å². The van der Waals surface area contributed by atoms with E-state index >= 15 is 0 Å². The van der Waals surface area contributed by atoms with Crippen molar-refractivity contribution in [2.75, 3.05) is 6.61 Å². The molecule has 6 nitrogen and oxygen atoms in total. The van der Waals surface area contributed by atoms with Gasteiger partial charge in [0, 0.05) is 12.4 Å². The molecule has 0 unspecified atom stereocenters. The van der Waals surface area contributed by atoms with E-state index in [9.17, 15) is 9.90 Å². The lowest BCUT2D eigenvalue weighted by Crippen LogP contribution is -2.39. The first-order valence-corrected chi connectivity index (χ1v) is 6.20. The third kappa shape index (κ3) is 2.53. The second-order valence-electron chi connectivity index (χ2n) is 4.86. The molecule has 2 heterocycles. The van der Waals surface area contributed by atoms with Gasteiger partial charge in [-0.05, 0) is 31.0 Å². The Bertz CT molecular complexity index is 570. The Labute approximate surface area is 110 Å². The summed E-state index contributed by atoms with van der Waals surface area (Å²) in [4.78, 5) is 11.9. The molecule has 2 N–H and O–H groups in total. The lowest BCUT2D eigenvalue weighted by atomic mass is 10.3. The van der Waals surface area contributed by atoms with Gasteiger partial charge in [-0.15, -0.1) is 0 Å². The summed E-state index contributed by atoms with van der Waals surface area (Å²) in [6.07, 6.45) is 5.15. The van der Waals surface area contributed by atoms with Gasteiger partial charge in [0.1, 0.15) is 5.76 Å². The van der Waals surface area contributed by atoms with E-state index in [1.165, 1.54) is 0 Å². The van der Waals surface area contributed by atoms with Crippen LogP contribution in [0, 0.1) is 0 Å². The third-order valence-electron chi connectivity index (χ3n) is 3.30. The molecule has 0 bridgehead atoms. The Morgan fingerprint density at radius 3 is 3.00 bits per heavy atom. The number of aliphatic hydroxyl groups is 1. The summed E-state index contributed by atoms with van der Waals surface area (Å²) in [6.45, 7) is 0.463. The molecule has 2 aromatic heterocycles. The molecule has 0 spiro atoms. The largest absolute Gasteiger partial charge is 0.454 e. The molecular weight excluding hydrogens is 246 g/mol. The SMILES string of the molecule is O=C(NC1(CO)CC1)c1ccc(Cn2cccn2)o1. The molecular formula is C13H15N3O3. The van der Waals surface area contributed by atoms with Crippen LogP contribution in [-0.4, -0.2) is 32.9 Å². The quantitative estimate of drug-likeness (QED) is 0.833.